The Hall–Kier alpha value is -1.32. The Morgan fingerprint density at radius 3 is 3.09 bits per heavy atom. The Kier molecular flexibility index (Phi) is 1.21. The maximum absolute atomic E-state index is 5.67. The largest absolute Gasteiger partial charge is 0.382 e. The molecular formula is C7H10N4. The summed E-state index contributed by atoms with van der Waals surface area (Å²) in [6, 6.07) is 0. The molecule has 0 spiro atoms. The fourth-order valence-corrected chi connectivity index (χ4v) is 1.42. The van der Waals surface area contributed by atoms with E-state index in [0.29, 0.717) is 5.82 Å². The van der Waals surface area contributed by atoms with Gasteiger partial charge in [-0.3, -0.25) is 0 Å². The van der Waals surface area contributed by atoms with Gasteiger partial charge in [0.1, 0.15) is 12.0 Å². The fourth-order valence-electron chi connectivity index (χ4n) is 1.42. The van der Waals surface area contributed by atoms with E-state index in [-0.39, 0.29) is 0 Å². The van der Waals surface area contributed by atoms with Crippen molar-refractivity contribution in [1.82, 2.24) is 9.97 Å². The molecule has 1 aromatic heterocycles. The fraction of sp³-hybridized carbons (Fsp3) is 0.429. The van der Waals surface area contributed by atoms with Crippen molar-refractivity contribution >= 4 is 11.5 Å². The van der Waals surface area contributed by atoms with E-state index in [9.17, 15) is 0 Å². The van der Waals surface area contributed by atoms with E-state index in [4.69, 9.17) is 5.73 Å². The maximum atomic E-state index is 5.67. The zero-order chi connectivity index (χ0) is 7.84. The van der Waals surface area contributed by atoms with E-state index in [1.165, 1.54) is 6.33 Å². The van der Waals surface area contributed by atoms with Gasteiger partial charge in [-0.15, -0.1) is 0 Å². The highest BCUT2D eigenvalue weighted by Gasteiger charge is 2.19. The van der Waals surface area contributed by atoms with Crippen LogP contribution in [0.4, 0.5) is 11.5 Å². The molecule has 1 aliphatic rings. The molecule has 0 aromatic carbocycles. The first-order chi connectivity index (χ1) is 5.29. The summed E-state index contributed by atoms with van der Waals surface area (Å²) in [7, 11) is 2.01. The zero-order valence-electron chi connectivity index (χ0n) is 6.41. The topological polar surface area (TPSA) is 55.0 Å². The van der Waals surface area contributed by atoms with Gasteiger partial charge in [0, 0.05) is 20.0 Å². The number of hydrogen-bond acceptors (Lipinski definition) is 4. The summed E-state index contributed by atoms with van der Waals surface area (Å²) in [5, 5.41) is 0. The molecule has 4 heteroatoms. The Balaban J connectivity index is 2.58. The van der Waals surface area contributed by atoms with Crippen molar-refractivity contribution in [3.63, 3.8) is 0 Å². The molecule has 0 fully saturated rings. The molecule has 2 rings (SSSR count). The number of fused-ring (bicyclic) bond motifs is 1. The molecule has 0 bridgehead atoms. The van der Waals surface area contributed by atoms with Crippen LogP contribution < -0.4 is 10.6 Å². The molecule has 1 aromatic rings. The molecular weight excluding hydrogens is 140 g/mol. The quantitative estimate of drug-likeness (QED) is 0.567. The molecule has 0 amide bonds. The van der Waals surface area contributed by atoms with Crippen LogP contribution in [0.3, 0.4) is 0 Å². The third-order valence-corrected chi connectivity index (χ3v) is 1.99. The van der Waals surface area contributed by atoms with Gasteiger partial charge in [-0.2, -0.15) is 0 Å². The highest BCUT2D eigenvalue weighted by atomic mass is 15.2. The summed E-state index contributed by atoms with van der Waals surface area (Å²) in [6.45, 7) is 0.998. The van der Waals surface area contributed by atoms with Gasteiger partial charge in [-0.1, -0.05) is 0 Å². The zero-order valence-corrected chi connectivity index (χ0v) is 6.41. The third-order valence-electron chi connectivity index (χ3n) is 1.99. The highest BCUT2D eigenvalue weighted by molar-refractivity contribution is 5.68. The van der Waals surface area contributed by atoms with Gasteiger partial charge >= 0.3 is 0 Å². The lowest BCUT2D eigenvalue weighted by Gasteiger charge is -2.11. The number of hydrogen-bond donors (Lipinski definition) is 1. The van der Waals surface area contributed by atoms with Crippen molar-refractivity contribution in [2.45, 2.75) is 6.42 Å². The molecule has 58 valence electrons. The van der Waals surface area contributed by atoms with Crippen LogP contribution in [0.1, 0.15) is 5.69 Å². The lowest BCUT2D eigenvalue weighted by Crippen LogP contribution is -2.14. The van der Waals surface area contributed by atoms with Crippen molar-refractivity contribution < 1.29 is 0 Å². The van der Waals surface area contributed by atoms with Crippen molar-refractivity contribution in [3.8, 4) is 0 Å². The first-order valence-electron chi connectivity index (χ1n) is 3.59. The maximum Gasteiger partial charge on any atom is 0.150 e. The van der Waals surface area contributed by atoms with Crippen LogP contribution in [0, 0.1) is 0 Å². The Morgan fingerprint density at radius 1 is 1.55 bits per heavy atom. The predicted octanol–water partition coefficient (Wildman–Crippen LogP) is 0.0511. The van der Waals surface area contributed by atoms with E-state index in [0.717, 1.165) is 24.3 Å². The van der Waals surface area contributed by atoms with Crippen LogP contribution in [0.2, 0.25) is 0 Å². The lowest BCUT2D eigenvalue weighted by molar-refractivity contribution is 0.943. The van der Waals surface area contributed by atoms with Crippen LogP contribution >= 0.6 is 0 Å². The van der Waals surface area contributed by atoms with E-state index < -0.39 is 0 Å². The summed E-state index contributed by atoms with van der Waals surface area (Å²) in [6.07, 6.45) is 2.51. The monoisotopic (exact) mass is 150 g/mol. The normalized spacial score (nSPS) is 15.2. The Morgan fingerprint density at radius 2 is 2.36 bits per heavy atom. The molecule has 0 radical (unpaired) electrons. The lowest BCUT2D eigenvalue weighted by atomic mass is 10.3. The number of likely N-dealkylation sites (N-methyl/N-ethyl adjacent to an activating group) is 1. The number of nitrogen functional groups attached to an aromatic ring is 1. The molecule has 0 saturated heterocycles. The number of anilines is 2. The van der Waals surface area contributed by atoms with Crippen LogP contribution in [0.25, 0.3) is 0 Å². The number of nitrogens with zero attached hydrogens (tertiary/aromatic N) is 3. The Labute approximate surface area is 65.1 Å². The van der Waals surface area contributed by atoms with Gasteiger partial charge in [0.25, 0.3) is 0 Å². The average Bonchev–Trinajstić information content (AvgIpc) is 2.34. The summed E-state index contributed by atoms with van der Waals surface area (Å²) < 4.78 is 0. The third kappa shape index (κ3) is 0.824. The molecule has 0 unspecified atom stereocenters. The summed E-state index contributed by atoms with van der Waals surface area (Å²) >= 11 is 0. The molecule has 4 nitrogen and oxygen atoms in total. The van der Waals surface area contributed by atoms with E-state index >= 15 is 0 Å². The minimum absolute atomic E-state index is 0.593. The van der Waals surface area contributed by atoms with Gasteiger partial charge in [0.2, 0.25) is 0 Å². The van der Waals surface area contributed by atoms with Gasteiger partial charge in [0.15, 0.2) is 5.82 Å². The number of aromatic nitrogens is 2. The van der Waals surface area contributed by atoms with Gasteiger partial charge < -0.3 is 10.6 Å². The minimum atomic E-state index is 0.593. The minimum Gasteiger partial charge on any atom is -0.382 e. The second-order valence-corrected chi connectivity index (χ2v) is 2.73. The molecule has 2 heterocycles. The van der Waals surface area contributed by atoms with Crippen molar-refractivity contribution in [2.24, 2.45) is 0 Å². The number of rotatable bonds is 0. The average molecular weight is 150 g/mol. The molecule has 0 saturated carbocycles. The van der Waals surface area contributed by atoms with E-state index in [2.05, 4.69) is 14.9 Å². The second kappa shape index (κ2) is 2.08. The van der Waals surface area contributed by atoms with Crippen LogP contribution in [0.5, 0.6) is 0 Å². The molecule has 0 aliphatic carbocycles. The van der Waals surface area contributed by atoms with E-state index in [1.54, 1.807) is 0 Å². The first-order valence-corrected chi connectivity index (χ1v) is 3.59. The van der Waals surface area contributed by atoms with Crippen LogP contribution in [-0.2, 0) is 6.42 Å². The predicted molar refractivity (Wildman–Crippen MR) is 43.4 cm³/mol. The standard InChI is InChI=1S/C7H10N4/c1-11-3-2-5-6(11)7(8)10-4-9-5/h4H,2-3H2,1H3,(H2,8,9,10). The molecule has 0 atom stereocenters. The smallest absolute Gasteiger partial charge is 0.150 e. The van der Waals surface area contributed by atoms with Crippen LogP contribution in [-0.4, -0.2) is 23.6 Å². The SMILES string of the molecule is CN1CCc2ncnc(N)c21. The molecule has 1 aliphatic heterocycles. The number of nitrogens with two attached hydrogens (primary N) is 1. The molecule has 2 N–H and O–H groups in total. The summed E-state index contributed by atoms with van der Waals surface area (Å²) in [4.78, 5) is 10.2. The van der Waals surface area contributed by atoms with Crippen LogP contribution in [0.15, 0.2) is 6.33 Å². The molecule has 11 heavy (non-hydrogen) atoms. The first kappa shape index (κ1) is 6.39. The summed E-state index contributed by atoms with van der Waals surface area (Å²) in [5.74, 6) is 0.593. The summed E-state index contributed by atoms with van der Waals surface area (Å²) in [5.41, 5.74) is 7.75. The van der Waals surface area contributed by atoms with E-state index in [1.807, 2.05) is 7.05 Å². The van der Waals surface area contributed by atoms with Crippen molar-refractivity contribution in [3.05, 3.63) is 12.0 Å². The van der Waals surface area contributed by atoms with Gasteiger partial charge in [-0.25, -0.2) is 9.97 Å². The van der Waals surface area contributed by atoms with Gasteiger partial charge in [0.05, 0.1) is 5.69 Å². The van der Waals surface area contributed by atoms with Crippen molar-refractivity contribution in [1.29, 1.82) is 0 Å². The Bertz CT molecular complexity index is 284. The highest BCUT2D eigenvalue weighted by Crippen LogP contribution is 2.28. The van der Waals surface area contributed by atoms with Crippen molar-refractivity contribution in [2.75, 3.05) is 24.2 Å². The van der Waals surface area contributed by atoms with Gasteiger partial charge in [-0.05, 0) is 0 Å². The second-order valence-electron chi connectivity index (χ2n) is 2.73.